The number of nitrogens with zero attached hydrogens (tertiary/aromatic N) is 6. The summed E-state index contributed by atoms with van der Waals surface area (Å²) in [5.74, 6) is -0.0306. The minimum absolute atomic E-state index is 0.171. The Morgan fingerprint density at radius 2 is 1.88 bits per heavy atom. The van der Waals surface area contributed by atoms with Crippen molar-refractivity contribution in [3.8, 4) is 5.75 Å². The summed E-state index contributed by atoms with van der Waals surface area (Å²) in [6.45, 7) is 18.0. The number of hydrogen-bond donors (Lipinski definition) is 0. The van der Waals surface area contributed by atoms with Crippen LogP contribution in [-0.2, 0) is 29.0 Å². The minimum atomic E-state index is -0.572. The van der Waals surface area contributed by atoms with E-state index in [1.165, 1.54) is 21.6 Å². The smallest absolute Gasteiger partial charge is 0.416 e. The Bertz CT molecular complexity index is 2050. The molecule has 2 unspecified atom stereocenters. The van der Waals surface area contributed by atoms with Gasteiger partial charge in [0.15, 0.2) is 0 Å². The summed E-state index contributed by atoms with van der Waals surface area (Å²) in [6.07, 6.45) is 6.88. The molecule has 1 fully saturated rings. The first-order chi connectivity index (χ1) is 24.9. The lowest BCUT2D eigenvalue weighted by Gasteiger charge is -2.37. The Hall–Kier alpha value is -4.83. The average molecular weight is 703 g/mol. The molecule has 4 heterocycles. The van der Waals surface area contributed by atoms with Crippen LogP contribution in [0.15, 0.2) is 83.7 Å². The van der Waals surface area contributed by atoms with Gasteiger partial charge in [0, 0.05) is 56.0 Å². The van der Waals surface area contributed by atoms with Crippen molar-refractivity contribution in [3.63, 3.8) is 0 Å². The van der Waals surface area contributed by atoms with Crippen molar-refractivity contribution in [3.05, 3.63) is 106 Å². The number of carbonyl (C=O) groups excluding carboxylic acids is 2. The Balaban J connectivity index is 1.28. The van der Waals surface area contributed by atoms with E-state index in [1.54, 1.807) is 6.20 Å². The maximum absolute atomic E-state index is 14.8. The minimum Gasteiger partial charge on any atom is -0.486 e. The molecule has 10 heteroatoms. The van der Waals surface area contributed by atoms with Crippen LogP contribution in [0, 0.1) is 18.8 Å². The molecule has 272 valence electrons. The lowest BCUT2D eigenvalue weighted by atomic mass is 9.70. The Kier molecular flexibility index (Phi) is 9.78. The second-order valence-electron chi connectivity index (χ2n) is 15.5. The summed E-state index contributed by atoms with van der Waals surface area (Å²) < 4.78 is 13.9. The normalized spacial score (nSPS) is 21.6. The molecule has 3 aliphatic rings. The Labute approximate surface area is 306 Å². The van der Waals surface area contributed by atoms with E-state index in [1.807, 2.05) is 54.2 Å². The van der Waals surface area contributed by atoms with E-state index in [4.69, 9.17) is 9.47 Å². The van der Waals surface area contributed by atoms with E-state index in [9.17, 15) is 9.59 Å². The van der Waals surface area contributed by atoms with Gasteiger partial charge in [-0.25, -0.2) is 14.4 Å². The number of imide groups is 1. The number of allylic oxidation sites excluding steroid dienone is 2. The van der Waals surface area contributed by atoms with Gasteiger partial charge in [-0.15, -0.1) is 5.10 Å². The van der Waals surface area contributed by atoms with Gasteiger partial charge in [0.1, 0.15) is 23.5 Å². The molecule has 0 radical (unpaired) electrons. The third kappa shape index (κ3) is 6.88. The van der Waals surface area contributed by atoms with E-state index in [0.717, 1.165) is 65.1 Å². The highest BCUT2D eigenvalue weighted by Gasteiger charge is 2.44. The number of carbonyl (C=O) groups is 2. The summed E-state index contributed by atoms with van der Waals surface area (Å²) in [4.78, 5) is 36.3. The monoisotopic (exact) mass is 702 g/mol. The summed E-state index contributed by atoms with van der Waals surface area (Å²) in [6, 6.07) is 15.8. The van der Waals surface area contributed by atoms with Gasteiger partial charge in [-0.05, 0) is 87.8 Å². The standard InChI is InChI=1S/C42H50N6O4/c1-8-47-36-15-14-34(28(4)39(36)44-45-47)38(29(5)40(49)48-33(24-51-41(48)50)19-30-12-10-9-11-13-30)35-20-31(26(2)18-27(35)3)22-46-23-32-21-43-17-16-37(32)52-42(6,7)25-46/h9-17,20-21,27,29,33,38H,8,18-19,22-25H2,1-7H3/t27?,29-,33?,38-/m1/s1. The molecule has 0 bridgehead atoms. The van der Waals surface area contributed by atoms with Gasteiger partial charge in [0.05, 0.1) is 11.6 Å². The molecule has 0 N–H and O–H groups in total. The number of benzene rings is 2. The second kappa shape index (κ2) is 14.3. The van der Waals surface area contributed by atoms with Crippen LogP contribution in [-0.4, -0.2) is 73.1 Å². The lowest BCUT2D eigenvalue weighted by Crippen LogP contribution is -2.45. The second-order valence-corrected chi connectivity index (χ2v) is 15.5. The maximum atomic E-state index is 14.8. The number of cyclic esters (lactones) is 1. The van der Waals surface area contributed by atoms with Crippen LogP contribution in [0.1, 0.15) is 76.1 Å². The molecule has 52 heavy (non-hydrogen) atoms. The first-order valence-electron chi connectivity index (χ1n) is 18.5. The van der Waals surface area contributed by atoms with Crippen molar-refractivity contribution < 1.29 is 19.1 Å². The number of amides is 2. The molecule has 0 saturated carbocycles. The molecule has 1 aliphatic carbocycles. The van der Waals surface area contributed by atoms with E-state index >= 15 is 0 Å². The van der Waals surface area contributed by atoms with Crippen LogP contribution < -0.4 is 4.74 Å². The predicted octanol–water partition coefficient (Wildman–Crippen LogP) is 7.42. The van der Waals surface area contributed by atoms with Crippen molar-refractivity contribution in [1.29, 1.82) is 0 Å². The first-order valence-corrected chi connectivity index (χ1v) is 18.5. The highest BCUT2D eigenvalue weighted by atomic mass is 16.6. The van der Waals surface area contributed by atoms with Crippen molar-refractivity contribution in [2.45, 2.75) is 92.0 Å². The molecular formula is C42H50N6O4. The van der Waals surface area contributed by atoms with E-state index < -0.39 is 12.0 Å². The van der Waals surface area contributed by atoms with Gasteiger partial charge < -0.3 is 9.47 Å². The van der Waals surface area contributed by atoms with Gasteiger partial charge in [-0.2, -0.15) is 0 Å². The van der Waals surface area contributed by atoms with E-state index in [2.05, 4.69) is 79.9 Å². The van der Waals surface area contributed by atoms with Gasteiger partial charge >= 0.3 is 6.09 Å². The molecule has 7 rings (SSSR count). The van der Waals surface area contributed by atoms with E-state index in [-0.39, 0.29) is 36.0 Å². The zero-order chi connectivity index (χ0) is 36.7. The number of hydrogen-bond acceptors (Lipinski definition) is 8. The summed E-state index contributed by atoms with van der Waals surface area (Å²) in [5.41, 5.74) is 9.36. The van der Waals surface area contributed by atoms with Crippen molar-refractivity contribution >= 4 is 23.0 Å². The van der Waals surface area contributed by atoms with Crippen LogP contribution in [0.5, 0.6) is 5.75 Å². The number of aryl methyl sites for hydroxylation is 2. The molecule has 2 aliphatic heterocycles. The highest BCUT2D eigenvalue weighted by Crippen LogP contribution is 2.45. The number of rotatable bonds is 9. The quantitative estimate of drug-likeness (QED) is 0.178. The SMILES string of the molecule is CCn1nnc2c(C)c([C@H](C3=CC(CN4Cc5cnccc5OC(C)(C)C4)=C(C)CC3C)[C@@H](C)C(=O)N3C(=O)OCC3Cc3ccccc3)ccc21. The van der Waals surface area contributed by atoms with Crippen molar-refractivity contribution in [1.82, 2.24) is 29.8 Å². The maximum Gasteiger partial charge on any atom is 0.416 e. The first kappa shape index (κ1) is 35.6. The summed E-state index contributed by atoms with van der Waals surface area (Å²) in [5, 5.41) is 9.00. The van der Waals surface area contributed by atoms with Gasteiger partial charge in [0.25, 0.3) is 0 Å². The fraction of sp³-hybridized carbons (Fsp3) is 0.452. The van der Waals surface area contributed by atoms with Gasteiger partial charge in [0.2, 0.25) is 5.91 Å². The molecule has 4 aromatic rings. The number of ether oxygens (including phenoxy) is 2. The molecule has 1 saturated heterocycles. The molecule has 2 aromatic carbocycles. The molecule has 2 aromatic heterocycles. The number of pyridine rings is 1. The van der Waals surface area contributed by atoms with Gasteiger partial charge in [-0.1, -0.05) is 72.7 Å². The molecule has 10 nitrogen and oxygen atoms in total. The molecule has 4 atom stereocenters. The van der Waals surface area contributed by atoms with Crippen LogP contribution in [0.2, 0.25) is 0 Å². The van der Waals surface area contributed by atoms with Crippen molar-refractivity contribution in [2.24, 2.45) is 11.8 Å². The number of aromatic nitrogens is 4. The van der Waals surface area contributed by atoms with Crippen LogP contribution in [0.25, 0.3) is 11.0 Å². The van der Waals surface area contributed by atoms with Gasteiger partial charge in [-0.3, -0.25) is 14.7 Å². The van der Waals surface area contributed by atoms with Crippen LogP contribution >= 0.6 is 0 Å². The fourth-order valence-electron chi connectivity index (χ4n) is 8.52. The molecular weight excluding hydrogens is 652 g/mol. The lowest BCUT2D eigenvalue weighted by molar-refractivity contribution is -0.133. The fourth-order valence-corrected chi connectivity index (χ4v) is 8.52. The zero-order valence-electron chi connectivity index (χ0n) is 31.4. The van der Waals surface area contributed by atoms with E-state index in [0.29, 0.717) is 13.0 Å². The zero-order valence-corrected chi connectivity index (χ0v) is 31.4. The molecule has 0 spiro atoms. The predicted molar refractivity (Wildman–Crippen MR) is 201 cm³/mol. The number of fused-ring (bicyclic) bond motifs is 2. The van der Waals surface area contributed by atoms with Crippen LogP contribution in [0.3, 0.4) is 0 Å². The van der Waals surface area contributed by atoms with Crippen molar-refractivity contribution in [2.75, 3.05) is 19.7 Å². The third-order valence-corrected chi connectivity index (χ3v) is 11.1. The highest BCUT2D eigenvalue weighted by molar-refractivity contribution is 5.95. The summed E-state index contributed by atoms with van der Waals surface area (Å²) >= 11 is 0. The largest absolute Gasteiger partial charge is 0.486 e. The third-order valence-electron chi connectivity index (χ3n) is 11.1. The topological polar surface area (TPSA) is 103 Å². The Morgan fingerprint density at radius 1 is 1.10 bits per heavy atom. The summed E-state index contributed by atoms with van der Waals surface area (Å²) in [7, 11) is 0. The van der Waals surface area contributed by atoms with Crippen LogP contribution in [0.4, 0.5) is 4.79 Å². The molecule has 2 amide bonds. The average Bonchev–Trinajstić information content (AvgIpc) is 3.67. The Morgan fingerprint density at radius 3 is 2.65 bits per heavy atom.